The fourth-order valence-corrected chi connectivity index (χ4v) is 1.98. The van der Waals surface area contributed by atoms with Crippen molar-refractivity contribution in [3.8, 4) is 0 Å². The van der Waals surface area contributed by atoms with Gasteiger partial charge in [0.2, 0.25) is 0 Å². The zero-order chi connectivity index (χ0) is 13.8. The minimum absolute atomic E-state index is 0.110. The van der Waals surface area contributed by atoms with E-state index in [1.54, 1.807) is 12.4 Å². The Morgan fingerprint density at radius 2 is 2.05 bits per heavy atom. The quantitative estimate of drug-likeness (QED) is 0.946. The Morgan fingerprint density at radius 3 is 2.74 bits per heavy atom. The van der Waals surface area contributed by atoms with Crippen molar-refractivity contribution in [1.29, 1.82) is 0 Å². The number of nitrogens with zero attached hydrogens (tertiary/aromatic N) is 2. The first-order valence-electron chi connectivity index (χ1n) is 5.88. The van der Waals surface area contributed by atoms with Gasteiger partial charge in [-0.3, -0.25) is 14.8 Å². The SMILES string of the molecule is Cc1cnc(CNC(=O)c2cc(Br)ccc2C)cn1. The van der Waals surface area contributed by atoms with E-state index in [2.05, 4.69) is 31.2 Å². The third-order valence-corrected chi connectivity index (χ3v) is 3.20. The van der Waals surface area contributed by atoms with Crippen LogP contribution in [0.2, 0.25) is 0 Å². The molecule has 0 saturated carbocycles. The summed E-state index contributed by atoms with van der Waals surface area (Å²) in [5, 5.41) is 2.84. The molecule has 1 aromatic carbocycles. The standard InChI is InChI=1S/C14H14BrN3O/c1-9-3-4-11(15)5-13(9)14(19)18-8-12-7-16-10(2)6-17-12/h3-7H,8H2,1-2H3,(H,18,19). The van der Waals surface area contributed by atoms with Gasteiger partial charge in [-0.05, 0) is 31.5 Å². The summed E-state index contributed by atoms with van der Waals surface area (Å²) in [4.78, 5) is 20.4. The predicted octanol–water partition coefficient (Wildman–Crippen LogP) is 2.79. The van der Waals surface area contributed by atoms with Crippen molar-refractivity contribution in [3.63, 3.8) is 0 Å². The highest BCUT2D eigenvalue weighted by Crippen LogP contribution is 2.15. The van der Waals surface area contributed by atoms with Gasteiger partial charge in [0, 0.05) is 16.2 Å². The molecular weight excluding hydrogens is 306 g/mol. The van der Waals surface area contributed by atoms with E-state index in [1.165, 1.54) is 0 Å². The number of aromatic nitrogens is 2. The van der Waals surface area contributed by atoms with E-state index >= 15 is 0 Å². The number of hydrogen-bond acceptors (Lipinski definition) is 3. The van der Waals surface area contributed by atoms with Gasteiger partial charge < -0.3 is 5.32 Å². The Balaban J connectivity index is 2.05. The topological polar surface area (TPSA) is 54.9 Å². The number of halogens is 1. The molecule has 0 aliphatic carbocycles. The van der Waals surface area contributed by atoms with Gasteiger partial charge in [-0.25, -0.2) is 0 Å². The van der Waals surface area contributed by atoms with Gasteiger partial charge in [0.25, 0.3) is 5.91 Å². The Morgan fingerprint density at radius 1 is 1.26 bits per heavy atom. The first-order valence-corrected chi connectivity index (χ1v) is 6.67. The molecule has 1 amide bonds. The fourth-order valence-electron chi connectivity index (χ4n) is 1.62. The molecular formula is C14H14BrN3O. The van der Waals surface area contributed by atoms with Crippen molar-refractivity contribution in [2.75, 3.05) is 0 Å². The summed E-state index contributed by atoms with van der Waals surface area (Å²) in [6, 6.07) is 5.63. The molecule has 1 aromatic heterocycles. The molecule has 0 saturated heterocycles. The van der Waals surface area contributed by atoms with Gasteiger partial charge in [-0.2, -0.15) is 0 Å². The molecule has 4 nitrogen and oxygen atoms in total. The van der Waals surface area contributed by atoms with Gasteiger partial charge in [-0.15, -0.1) is 0 Å². The van der Waals surface area contributed by atoms with Gasteiger partial charge in [0.15, 0.2) is 0 Å². The number of rotatable bonds is 3. The van der Waals surface area contributed by atoms with Crippen LogP contribution in [0.5, 0.6) is 0 Å². The number of nitrogens with one attached hydrogen (secondary N) is 1. The lowest BCUT2D eigenvalue weighted by Gasteiger charge is -2.07. The summed E-state index contributed by atoms with van der Waals surface area (Å²) >= 11 is 3.37. The molecule has 0 aliphatic heterocycles. The lowest BCUT2D eigenvalue weighted by Crippen LogP contribution is -2.24. The average Bonchev–Trinajstić information content (AvgIpc) is 2.40. The molecule has 2 aromatic rings. The Bertz CT molecular complexity index is 596. The summed E-state index contributed by atoms with van der Waals surface area (Å²) in [5.74, 6) is -0.110. The van der Waals surface area contributed by atoms with E-state index in [0.717, 1.165) is 21.4 Å². The molecule has 0 spiro atoms. The predicted molar refractivity (Wildman–Crippen MR) is 76.8 cm³/mol. The van der Waals surface area contributed by atoms with Crippen LogP contribution in [0.3, 0.4) is 0 Å². The van der Waals surface area contributed by atoms with Crippen molar-refractivity contribution in [2.45, 2.75) is 20.4 Å². The van der Waals surface area contributed by atoms with E-state index in [1.807, 2.05) is 32.0 Å². The van der Waals surface area contributed by atoms with Crippen LogP contribution in [0.4, 0.5) is 0 Å². The Kier molecular flexibility index (Phi) is 4.27. The lowest BCUT2D eigenvalue weighted by molar-refractivity contribution is 0.0949. The zero-order valence-corrected chi connectivity index (χ0v) is 12.4. The molecule has 0 fully saturated rings. The lowest BCUT2D eigenvalue weighted by atomic mass is 10.1. The second kappa shape index (κ2) is 5.93. The largest absolute Gasteiger partial charge is 0.346 e. The summed E-state index contributed by atoms with van der Waals surface area (Å²) in [7, 11) is 0. The zero-order valence-electron chi connectivity index (χ0n) is 10.8. The minimum atomic E-state index is -0.110. The van der Waals surface area contributed by atoms with Crippen LogP contribution in [0, 0.1) is 13.8 Å². The molecule has 0 bridgehead atoms. The maximum atomic E-state index is 12.1. The monoisotopic (exact) mass is 319 g/mol. The van der Waals surface area contributed by atoms with E-state index in [0.29, 0.717) is 12.1 Å². The molecule has 0 radical (unpaired) electrons. The van der Waals surface area contributed by atoms with Gasteiger partial charge in [-0.1, -0.05) is 22.0 Å². The Labute approximate surface area is 120 Å². The second-order valence-corrected chi connectivity index (χ2v) is 5.21. The van der Waals surface area contributed by atoms with Crippen molar-refractivity contribution in [1.82, 2.24) is 15.3 Å². The van der Waals surface area contributed by atoms with Gasteiger partial charge in [0.05, 0.1) is 24.1 Å². The number of amides is 1. The molecule has 0 atom stereocenters. The first kappa shape index (κ1) is 13.7. The van der Waals surface area contributed by atoms with Crippen LogP contribution in [0.15, 0.2) is 35.1 Å². The van der Waals surface area contributed by atoms with Crippen LogP contribution in [-0.2, 0) is 6.54 Å². The summed E-state index contributed by atoms with van der Waals surface area (Å²) in [6.45, 7) is 4.16. The van der Waals surface area contributed by atoms with E-state index in [9.17, 15) is 4.79 Å². The third-order valence-electron chi connectivity index (χ3n) is 2.71. The molecule has 0 aliphatic rings. The minimum Gasteiger partial charge on any atom is -0.346 e. The molecule has 0 unspecified atom stereocenters. The molecule has 2 rings (SSSR count). The molecule has 1 heterocycles. The smallest absolute Gasteiger partial charge is 0.251 e. The van der Waals surface area contributed by atoms with Crippen molar-refractivity contribution in [3.05, 3.63) is 57.6 Å². The highest BCUT2D eigenvalue weighted by atomic mass is 79.9. The molecule has 5 heteroatoms. The van der Waals surface area contributed by atoms with Crippen LogP contribution < -0.4 is 5.32 Å². The summed E-state index contributed by atoms with van der Waals surface area (Å²) < 4.78 is 0.887. The number of carbonyl (C=O) groups is 1. The second-order valence-electron chi connectivity index (χ2n) is 4.29. The van der Waals surface area contributed by atoms with Crippen molar-refractivity contribution >= 4 is 21.8 Å². The molecule has 19 heavy (non-hydrogen) atoms. The maximum absolute atomic E-state index is 12.1. The van der Waals surface area contributed by atoms with Crippen molar-refractivity contribution < 1.29 is 4.79 Å². The number of benzene rings is 1. The molecule has 1 N–H and O–H groups in total. The number of carbonyl (C=O) groups excluding carboxylic acids is 1. The van der Waals surface area contributed by atoms with Crippen molar-refractivity contribution in [2.24, 2.45) is 0 Å². The highest BCUT2D eigenvalue weighted by molar-refractivity contribution is 9.10. The highest BCUT2D eigenvalue weighted by Gasteiger charge is 2.09. The van der Waals surface area contributed by atoms with Crippen LogP contribution >= 0.6 is 15.9 Å². The van der Waals surface area contributed by atoms with E-state index in [-0.39, 0.29) is 5.91 Å². The third kappa shape index (κ3) is 3.61. The summed E-state index contributed by atoms with van der Waals surface area (Å²) in [5.41, 5.74) is 3.20. The van der Waals surface area contributed by atoms with Crippen LogP contribution in [0.1, 0.15) is 27.3 Å². The molecule has 98 valence electrons. The summed E-state index contributed by atoms with van der Waals surface area (Å²) in [6.07, 6.45) is 3.36. The van der Waals surface area contributed by atoms with Gasteiger partial charge in [0.1, 0.15) is 0 Å². The number of aryl methyl sites for hydroxylation is 2. The first-order chi connectivity index (χ1) is 9.06. The Hall–Kier alpha value is -1.75. The van der Waals surface area contributed by atoms with Crippen LogP contribution in [-0.4, -0.2) is 15.9 Å². The maximum Gasteiger partial charge on any atom is 0.251 e. The van der Waals surface area contributed by atoms with Gasteiger partial charge >= 0.3 is 0 Å². The normalized spacial score (nSPS) is 10.3. The van der Waals surface area contributed by atoms with E-state index < -0.39 is 0 Å². The van der Waals surface area contributed by atoms with Crippen LogP contribution in [0.25, 0.3) is 0 Å². The fraction of sp³-hybridized carbons (Fsp3) is 0.214. The van der Waals surface area contributed by atoms with E-state index in [4.69, 9.17) is 0 Å². The average molecular weight is 320 g/mol. The number of hydrogen-bond donors (Lipinski definition) is 1.